The quantitative estimate of drug-likeness (QED) is 0.763. The molecule has 0 radical (unpaired) electrons. The fourth-order valence-electron chi connectivity index (χ4n) is 3.43. The highest BCUT2D eigenvalue weighted by molar-refractivity contribution is 5.80. The van der Waals surface area contributed by atoms with Crippen molar-refractivity contribution in [2.24, 2.45) is 0 Å². The summed E-state index contributed by atoms with van der Waals surface area (Å²) in [5.41, 5.74) is 5.06. The zero-order chi connectivity index (χ0) is 19.4. The van der Waals surface area contributed by atoms with Crippen LogP contribution < -0.4 is 9.64 Å². The lowest BCUT2D eigenvalue weighted by Crippen LogP contribution is -2.50. The zero-order valence-corrected chi connectivity index (χ0v) is 16.2. The molecule has 1 aliphatic rings. The van der Waals surface area contributed by atoms with Crippen LogP contribution in [0.2, 0.25) is 0 Å². The van der Waals surface area contributed by atoms with Gasteiger partial charge in [-0.05, 0) is 61.7 Å². The molecule has 142 valence electrons. The average Bonchev–Trinajstić information content (AvgIpc) is 2.68. The van der Waals surface area contributed by atoms with Gasteiger partial charge in [0.05, 0.1) is 0 Å². The minimum atomic E-state index is 0.0142. The first-order valence-corrected chi connectivity index (χ1v) is 9.26. The maximum absolute atomic E-state index is 12.4. The van der Waals surface area contributed by atoms with Crippen molar-refractivity contribution in [3.63, 3.8) is 0 Å². The average molecular weight is 366 g/mol. The van der Waals surface area contributed by atoms with Crippen LogP contribution in [0.1, 0.15) is 27.0 Å². The summed E-state index contributed by atoms with van der Waals surface area (Å²) < 4.78 is 5.64. The van der Waals surface area contributed by atoms with Gasteiger partial charge in [0.2, 0.25) is 0 Å². The predicted molar refractivity (Wildman–Crippen MR) is 107 cm³/mol. The molecule has 2 aromatic carbocycles. The van der Waals surface area contributed by atoms with Crippen molar-refractivity contribution in [2.45, 2.75) is 20.8 Å². The van der Waals surface area contributed by atoms with Gasteiger partial charge in [-0.25, -0.2) is 0 Å². The first-order chi connectivity index (χ1) is 13.0. The number of aryl methyl sites for hydroxylation is 3. The number of benzene rings is 2. The van der Waals surface area contributed by atoms with Crippen LogP contribution >= 0.6 is 0 Å². The smallest absolute Gasteiger partial charge is 0.260 e. The molecule has 0 N–H and O–H groups in total. The number of hydrogen-bond donors (Lipinski definition) is 0. The third-order valence-electron chi connectivity index (χ3n) is 5.04. The molecule has 0 atom stereocenters. The Morgan fingerprint density at radius 2 is 1.78 bits per heavy atom. The number of anilines is 1. The van der Waals surface area contributed by atoms with Crippen molar-refractivity contribution < 1.29 is 14.3 Å². The van der Waals surface area contributed by atoms with E-state index in [0.717, 1.165) is 53.1 Å². The largest absolute Gasteiger partial charge is 0.484 e. The van der Waals surface area contributed by atoms with Gasteiger partial charge >= 0.3 is 0 Å². The molecule has 0 saturated carbocycles. The fraction of sp³-hybridized carbons (Fsp3) is 0.364. The molecule has 0 aromatic heterocycles. The summed E-state index contributed by atoms with van der Waals surface area (Å²) in [6, 6.07) is 11.7. The molecule has 0 spiro atoms. The molecule has 27 heavy (non-hydrogen) atoms. The van der Waals surface area contributed by atoms with Crippen molar-refractivity contribution in [3.05, 3.63) is 58.7 Å². The highest BCUT2D eigenvalue weighted by Gasteiger charge is 2.22. The van der Waals surface area contributed by atoms with Gasteiger partial charge in [0.25, 0.3) is 5.91 Å². The van der Waals surface area contributed by atoms with Gasteiger partial charge < -0.3 is 14.5 Å². The second kappa shape index (κ2) is 8.25. The van der Waals surface area contributed by atoms with Crippen LogP contribution in [0.4, 0.5) is 5.69 Å². The van der Waals surface area contributed by atoms with Gasteiger partial charge in [-0.3, -0.25) is 9.59 Å². The molecule has 1 heterocycles. The van der Waals surface area contributed by atoms with Crippen molar-refractivity contribution in [1.29, 1.82) is 0 Å². The Kier molecular flexibility index (Phi) is 5.79. The molecule has 3 rings (SSSR count). The topological polar surface area (TPSA) is 49.9 Å². The third-order valence-corrected chi connectivity index (χ3v) is 5.04. The van der Waals surface area contributed by atoms with E-state index in [9.17, 15) is 9.59 Å². The fourth-order valence-corrected chi connectivity index (χ4v) is 3.43. The SMILES string of the molecule is Cc1cccc(OCC(=O)N2CCN(c3cc(C)c(C=O)cc3C)CC2)c1. The van der Waals surface area contributed by atoms with Gasteiger partial charge in [0.15, 0.2) is 6.61 Å². The Morgan fingerprint density at radius 3 is 2.44 bits per heavy atom. The monoisotopic (exact) mass is 366 g/mol. The van der Waals surface area contributed by atoms with E-state index in [-0.39, 0.29) is 12.5 Å². The maximum Gasteiger partial charge on any atom is 0.260 e. The lowest BCUT2D eigenvalue weighted by atomic mass is 10.0. The van der Waals surface area contributed by atoms with E-state index in [4.69, 9.17) is 4.74 Å². The normalized spacial score (nSPS) is 14.2. The maximum atomic E-state index is 12.4. The molecule has 0 unspecified atom stereocenters. The molecular weight excluding hydrogens is 340 g/mol. The standard InChI is InChI=1S/C22H26N2O3/c1-16-5-4-6-20(11-16)27-15-22(26)24-9-7-23(8-10-24)21-13-17(2)19(14-25)12-18(21)3/h4-6,11-14H,7-10,15H2,1-3H3. The summed E-state index contributed by atoms with van der Waals surface area (Å²) in [6.45, 7) is 8.93. The number of carbonyl (C=O) groups excluding carboxylic acids is 2. The summed E-state index contributed by atoms with van der Waals surface area (Å²) in [6.07, 6.45) is 0.900. The number of rotatable bonds is 5. The molecule has 1 aliphatic heterocycles. The lowest BCUT2D eigenvalue weighted by Gasteiger charge is -2.37. The zero-order valence-electron chi connectivity index (χ0n) is 16.2. The summed E-state index contributed by atoms with van der Waals surface area (Å²) >= 11 is 0. The molecule has 5 nitrogen and oxygen atoms in total. The Bertz CT molecular complexity index is 839. The summed E-state index contributed by atoms with van der Waals surface area (Å²) in [5.74, 6) is 0.740. The van der Waals surface area contributed by atoms with Crippen LogP contribution in [0.15, 0.2) is 36.4 Å². The highest BCUT2D eigenvalue weighted by Crippen LogP contribution is 2.25. The Labute approximate surface area is 160 Å². The van der Waals surface area contributed by atoms with Gasteiger partial charge in [0.1, 0.15) is 12.0 Å². The first kappa shape index (κ1) is 19.0. The molecular formula is C22H26N2O3. The lowest BCUT2D eigenvalue weighted by molar-refractivity contribution is -0.133. The summed E-state index contributed by atoms with van der Waals surface area (Å²) in [4.78, 5) is 27.7. The van der Waals surface area contributed by atoms with Crippen LogP contribution in [0, 0.1) is 20.8 Å². The van der Waals surface area contributed by atoms with Crippen molar-refractivity contribution >= 4 is 17.9 Å². The van der Waals surface area contributed by atoms with E-state index >= 15 is 0 Å². The third kappa shape index (κ3) is 4.48. The highest BCUT2D eigenvalue weighted by atomic mass is 16.5. The van der Waals surface area contributed by atoms with Crippen LogP contribution in [-0.4, -0.2) is 49.9 Å². The molecule has 0 bridgehead atoms. The Hall–Kier alpha value is -2.82. The minimum absolute atomic E-state index is 0.0142. The minimum Gasteiger partial charge on any atom is -0.484 e. The first-order valence-electron chi connectivity index (χ1n) is 9.26. The van der Waals surface area contributed by atoms with Crippen LogP contribution in [0.5, 0.6) is 5.75 Å². The van der Waals surface area contributed by atoms with Crippen molar-refractivity contribution in [2.75, 3.05) is 37.7 Å². The number of aldehydes is 1. The second-order valence-corrected chi connectivity index (χ2v) is 7.09. The van der Waals surface area contributed by atoms with Crippen molar-refractivity contribution in [1.82, 2.24) is 4.90 Å². The molecule has 1 saturated heterocycles. The molecule has 5 heteroatoms. The van der Waals surface area contributed by atoms with Crippen LogP contribution in [0.25, 0.3) is 0 Å². The number of amides is 1. The summed E-state index contributed by atoms with van der Waals surface area (Å²) in [5, 5.41) is 0. The van der Waals surface area contributed by atoms with Gasteiger partial charge in [0, 0.05) is 37.4 Å². The van der Waals surface area contributed by atoms with Crippen LogP contribution in [0.3, 0.4) is 0 Å². The van der Waals surface area contributed by atoms with E-state index in [1.54, 1.807) is 0 Å². The second-order valence-electron chi connectivity index (χ2n) is 7.09. The van der Waals surface area contributed by atoms with E-state index < -0.39 is 0 Å². The number of carbonyl (C=O) groups is 2. The number of piperazine rings is 1. The predicted octanol–water partition coefficient (Wildman–Crippen LogP) is 3.15. The number of hydrogen-bond acceptors (Lipinski definition) is 4. The van der Waals surface area contributed by atoms with Gasteiger partial charge in [-0.1, -0.05) is 12.1 Å². The Balaban J connectivity index is 1.56. The number of ether oxygens (including phenoxy) is 1. The Morgan fingerprint density at radius 1 is 1.04 bits per heavy atom. The summed E-state index contributed by atoms with van der Waals surface area (Å²) in [7, 11) is 0. The molecule has 2 aromatic rings. The van der Waals surface area contributed by atoms with Gasteiger partial charge in [-0.2, -0.15) is 0 Å². The van der Waals surface area contributed by atoms with E-state index in [2.05, 4.69) is 11.0 Å². The van der Waals surface area contributed by atoms with E-state index in [1.807, 2.05) is 56.0 Å². The molecule has 0 aliphatic carbocycles. The molecule has 1 amide bonds. The number of nitrogens with zero attached hydrogens (tertiary/aromatic N) is 2. The van der Waals surface area contributed by atoms with Gasteiger partial charge in [-0.15, -0.1) is 0 Å². The van der Waals surface area contributed by atoms with Crippen LogP contribution in [-0.2, 0) is 4.79 Å². The van der Waals surface area contributed by atoms with E-state index in [1.165, 1.54) is 0 Å². The van der Waals surface area contributed by atoms with Crippen molar-refractivity contribution in [3.8, 4) is 5.75 Å². The van der Waals surface area contributed by atoms with E-state index in [0.29, 0.717) is 13.1 Å². The molecule has 1 fully saturated rings.